The van der Waals surface area contributed by atoms with Gasteiger partial charge in [0, 0.05) is 20.3 Å². The van der Waals surface area contributed by atoms with E-state index in [0.29, 0.717) is 19.7 Å². The van der Waals surface area contributed by atoms with Gasteiger partial charge in [-0.1, -0.05) is 0 Å². The third-order valence-corrected chi connectivity index (χ3v) is 2.58. The van der Waals surface area contributed by atoms with Gasteiger partial charge in [0.15, 0.2) is 0 Å². The van der Waals surface area contributed by atoms with E-state index in [1.807, 2.05) is 18.9 Å². The van der Waals surface area contributed by atoms with Crippen LogP contribution < -0.4 is 11.1 Å². The predicted octanol–water partition coefficient (Wildman–Crippen LogP) is -0.192. The first-order valence-electron chi connectivity index (χ1n) is 5.80. The number of ether oxygens (including phenoxy) is 1. The van der Waals surface area contributed by atoms with Gasteiger partial charge in [-0.25, -0.2) is 0 Å². The summed E-state index contributed by atoms with van der Waals surface area (Å²) in [6.07, 6.45) is 1.76. The largest absolute Gasteiger partial charge is 0.385 e. The van der Waals surface area contributed by atoms with Crippen LogP contribution in [0.3, 0.4) is 0 Å². The fourth-order valence-electron chi connectivity index (χ4n) is 1.31. The minimum Gasteiger partial charge on any atom is -0.385 e. The van der Waals surface area contributed by atoms with Crippen LogP contribution in [0.25, 0.3) is 0 Å². The summed E-state index contributed by atoms with van der Waals surface area (Å²) in [5, 5.41) is 2.88. The average Bonchev–Trinajstić information content (AvgIpc) is 2.30. The van der Waals surface area contributed by atoms with E-state index in [1.165, 1.54) is 0 Å². The summed E-state index contributed by atoms with van der Waals surface area (Å²) in [6.45, 7) is 4.76. The van der Waals surface area contributed by atoms with Gasteiger partial charge >= 0.3 is 0 Å². The first-order valence-corrected chi connectivity index (χ1v) is 5.80. The van der Waals surface area contributed by atoms with Gasteiger partial charge in [-0.15, -0.1) is 0 Å². The molecule has 0 heterocycles. The Labute approximate surface area is 98.3 Å². The molecule has 0 aromatic carbocycles. The summed E-state index contributed by atoms with van der Waals surface area (Å²) < 4.78 is 4.91. The zero-order chi connectivity index (χ0) is 12.4. The van der Waals surface area contributed by atoms with Crippen molar-refractivity contribution in [2.45, 2.75) is 25.8 Å². The summed E-state index contributed by atoms with van der Waals surface area (Å²) in [6, 6.07) is -0.103. The molecular formula is C11H25N3O2. The molecule has 0 saturated carbocycles. The zero-order valence-corrected chi connectivity index (χ0v) is 10.7. The lowest BCUT2D eigenvalue weighted by atomic mass is 10.2. The number of hydrogen-bond acceptors (Lipinski definition) is 4. The molecule has 5 heteroatoms. The molecule has 0 saturated heterocycles. The van der Waals surface area contributed by atoms with E-state index in [9.17, 15) is 4.79 Å². The quantitative estimate of drug-likeness (QED) is 0.540. The first-order chi connectivity index (χ1) is 7.63. The van der Waals surface area contributed by atoms with Crippen molar-refractivity contribution in [2.24, 2.45) is 5.73 Å². The number of rotatable bonds is 9. The van der Waals surface area contributed by atoms with Gasteiger partial charge in [0.2, 0.25) is 5.91 Å². The standard InChI is InChI=1S/C11H25N3O2/c1-10(14(2)8-4-6-12)11(15)13-7-5-9-16-3/h10H,4-9,12H2,1-3H3,(H,13,15). The Morgan fingerprint density at radius 2 is 2.19 bits per heavy atom. The third-order valence-electron chi connectivity index (χ3n) is 2.58. The molecule has 0 fully saturated rings. The second kappa shape index (κ2) is 9.57. The monoisotopic (exact) mass is 231 g/mol. The van der Waals surface area contributed by atoms with Crippen molar-refractivity contribution in [2.75, 3.05) is 40.4 Å². The van der Waals surface area contributed by atoms with E-state index >= 15 is 0 Å². The van der Waals surface area contributed by atoms with E-state index in [0.717, 1.165) is 19.4 Å². The van der Waals surface area contributed by atoms with E-state index in [4.69, 9.17) is 10.5 Å². The lowest BCUT2D eigenvalue weighted by molar-refractivity contribution is -0.125. The normalized spacial score (nSPS) is 12.8. The number of amides is 1. The van der Waals surface area contributed by atoms with Crippen molar-refractivity contribution in [3.05, 3.63) is 0 Å². The molecule has 1 amide bonds. The highest BCUT2D eigenvalue weighted by molar-refractivity contribution is 5.81. The van der Waals surface area contributed by atoms with Crippen LogP contribution in [0.2, 0.25) is 0 Å². The lowest BCUT2D eigenvalue weighted by Gasteiger charge is -2.23. The molecule has 0 radical (unpaired) electrons. The average molecular weight is 231 g/mol. The third kappa shape index (κ3) is 6.76. The Balaban J connectivity index is 3.70. The number of nitrogens with two attached hydrogens (primary N) is 1. The van der Waals surface area contributed by atoms with Crippen LogP contribution in [0.15, 0.2) is 0 Å². The van der Waals surface area contributed by atoms with Crippen molar-refractivity contribution in [3.63, 3.8) is 0 Å². The molecule has 0 aromatic rings. The Hall–Kier alpha value is -0.650. The fourth-order valence-corrected chi connectivity index (χ4v) is 1.31. The highest BCUT2D eigenvalue weighted by Crippen LogP contribution is 1.96. The molecule has 0 spiro atoms. The van der Waals surface area contributed by atoms with Crippen molar-refractivity contribution in [3.8, 4) is 0 Å². The number of carbonyl (C=O) groups is 1. The number of nitrogens with zero attached hydrogens (tertiary/aromatic N) is 1. The van der Waals surface area contributed by atoms with Crippen molar-refractivity contribution >= 4 is 5.91 Å². The minimum atomic E-state index is -0.103. The highest BCUT2D eigenvalue weighted by Gasteiger charge is 2.16. The van der Waals surface area contributed by atoms with E-state index in [2.05, 4.69) is 5.32 Å². The maximum atomic E-state index is 11.7. The van der Waals surface area contributed by atoms with E-state index in [-0.39, 0.29) is 11.9 Å². The summed E-state index contributed by atoms with van der Waals surface area (Å²) in [4.78, 5) is 13.7. The van der Waals surface area contributed by atoms with E-state index < -0.39 is 0 Å². The minimum absolute atomic E-state index is 0.0654. The van der Waals surface area contributed by atoms with Gasteiger partial charge in [-0.05, 0) is 39.9 Å². The molecule has 1 atom stereocenters. The SMILES string of the molecule is COCCCNC(=O)C(C)N(C)CCCN. The van der Waals surface area contributed by atoms with Crippen LogP contribution >= 0.6 is 0 Å². The van der Waals surface area contributed by atoms with Crippen LogP contribution in [-0.4, -0.2) is 57.2 Å². The Morgan fingerprint density at radius 3 is 2.75 bits per heavy atom. The van der Waals surface area contributed by atoms with Crippen molar-refractivity contribution in [1.82, 2.24) is 10.2 Å². The summed E-state index contributed by atoms with van der Waals surface area (Å²) in [5.41, 5.74) is 5.43. The molecule has 96 valence electrons. The van der Waals surface area contributed by atoms with Crippen molar-refractivity contribution in [1.29, 1.82) is 0 Å². The topological polar surface area (TPSA) is 67.6 Å². The summed E-state index contributed by atoms with van der Waals surface area (Å²) >= 11 is 0. The van der Waals surface area contributed by atoms with Crippen LogP contribution in [0.1, 0.15) is 19.8 Å². The molecule has 0 rings (SSSR count). The molecular weight excluding hydrogens is 206 g/mol. The van der Waals surface area contributed by atoms with Crippen LogP contribution in [-0.2, 0) is 9.53 Å². The van der Waals surface area contributed by atoms with Gasteiger partial charge in [0.1, 0.15) is 0 Å². The summed E-state index contributed by atoms with van der Waals surface area (Å²) in [5.74, 6) is 0.0654. The maximum Gasteiger partial charge on any atom is 0.237 e. The molecule has 0 aromatic heterocycles. The van der Waals surface area contributed by atoms with Gasteiger partial charge < -0.3 is 15.8 Å². The Bertz CT molecular complexity index is 188. The molecule has 0 aliphatic rings. The van der Waals surface area contributed by atoms with Crippen LogP contribution in [0.4, 0.5) is 0 Å². The number of nitrogens with one attached hydrogen (secondary N) is 1. The number of likely N-dealkylation sites (N-methyl/N-ethyl adjacent to an activating group) is 1. The molecule has 0 aliphatic carbocycles. The molecule has 3 N–H and O–H groups in total. The summed E-state index contributed by atoms with van der Waals surface area (Å²) in [7, 11) is 3.60. The van der Waals surface area contributed by atoms with Crippen molar-refractivity contribution < 1.29 is 9.53 Å². The number of methoxy groups -OCH3 is 1. The lowest BCUT2D eigenvalue weighted by Crippen LogP contribution is -2.44. The second-order valence-corrected chi connectivity index (χ2v) is 3.94. The Morgan fingerprint density at radius 1 is 1.50 bits per heavy atom. The number of hydrogen-bond donors (Lipinski definition) is 2. The van der Waals surface area contributed by atoms with E-state index in [1.54, 1.807) is 7.11 Å². The fraction of sp³-hybridized carbons (Fsp3) is 0.909. The zero-order valence-electron chi connectivity index (χ0n) is 10.7. The predicted molar refractivity (Wildman–Crippen MR) is 65.3 cm³/mol. The smallest absolute Gasteiger partial charge is 0.237 e. The van der Waals surface area contributed by atoms with Crippen LogP contribution in [0.5, 0.6) is 0 Å². The molecule has 1 unspecified atom stereocenters. The highest BCUT2D eigenvalue weighted by atomic mass is 16.5. The maximum absolute atomic E-state index is 11.7. The van der Waals surface area contributed by atoms with Crippen LogP contribution in [0, 0.1) is 0 Å². The molecule has 0 bridgehead atoms. The number of carbonyl (C=O) groups excluding carboxylic acids is 1. The van der Waals surface area contributed by atoms with Gasteiger partial charge in [-0.3, -0.25) is 9.69 Å². The Kier molecular flexibility index (Phi) is 9.18. The first kappa shape index (κ1) is 15.3. The van der Waals surface area contributed by atoms with Gasteiger partial charge in [0.25, 0.3) is 0 Å². The second-order valence-electron chi connectivity index (χ2n) is 3.94. The molecule has 16 heavy (non-hydrogen) atoms. The van der Waals surface area contributed by atoms with Gasteiger partial charge in [-0.2, -0.15) is 0 Å². The van der Waals surface area contributed by atoms with Gasteiger partial charge in [0.05, 0.1) is 6.04 Å². The molecule has 0 aliphatic heterocycles. The molecule has 5 nitrogen and oxygen atoms in total.